The fourth-order valence-corrected chi connectivity index (χ4v) is 1.11. The Morgan fingerprint density at radius 2 is 2.25 bits per heavy atom. The summed E-state index contributed by atoms with van der Waals surface area (Å²) in [5.74, 6) is 0.922. The lowest BCUT2D eigenvalue weighted by Crippen LogP contribution is -2.34. The lowest BCUT2D eigenvalue weighted by atomic mass is 10.00. The van der Waals surface area contributed by atoms with Gasteiger partial charge in [0.1, 0.15) is 0 Å². The molecule has 0 spiro atoms. The maximum Gasteiger partial charge on any atom is 0.223 e. The number of nitrogens with zero attached hydrogens (tertiary/aromatic N) is 2. The molecule has 16 heavy (non-hydrogen) atoms. The van der Waals surface area contributed by atoms with Crippen molar-refractivity contribution in [2.45, 2.75) is 45.7 Å². The molecule has 6 heteroatoms. The number of hydrogen-bond acceptors (Lipinski definition) is 5. The third-order valence-corrected chi connectivity index (χ3v) is 2.01. The van der Waals surface area contributed by atoms with Crippen LogP contribution >= 0.6 is 0 Å². The number of amides is 1. The topological polar surface area (TPSA) is 94.0 Å². The summed E-state index contributed by atoms with van der Waals surface area (Å²) in [6, 6.07) is 0. The van der Waals surface area contributed by atoms with E-state index in [1.54, 1.807) is 6.92 Å². The third kappa shape index (κ3) is 4.88. The number of aryl methyl sites for hydroxylation is 1. The smallest absolute Gasteiger partial charge is 0.223 e. The molecular formula is C10H18N4O2. The van der Waals surface area contributed by atoms with Crippen molar-refractivity contribution in [2.75, 3.05) is 0 Å². The lowest BCUT2D eigenvalue weighted by Gasteiger charge is -2.17. The normalized spacial score (nSPS) is 11.5. The molecule has 0 aliphatic carbocycles. The zero-order chi connectivity index (χ0) is 12.2. The predicted octanol–water partition coefficient (Wildman–Crippen LogP) is 0.512. The summed E-state index contributed by atoms with van der Waals surface area (Å²) in [6.07, 6.45) is 1.05. The van der Waals surface area contributed by atoms with Gasteiger partial charge in [-0.1, -0.05) is 5.16 Å². The first-order chi connectivity index (χ1) is 7.37. The van der Waals surface area contributed by atoms with Crippen LogP contribution in [-0.2, 0) is 11.3 Å². The molecule has 1 amide bonds. The molecule has 1 aromatic rings. The second-order valence-electron chi connectivity index (χ2n) is 4.49. The molecule has 6 nitrogen and oxygen atoms in total. The highest BCUT2D eigenvalue weighted by Gasteiger charge is 2.13. The Hall–Kier alpha value is -1.43. The second-order valence-corrected chi connectivity index (χ2v) is 4.49. The van der Waals surface area contributed by atoms with Gasteiger partial charge in [0.25, 0.3) is 0 Å². The zero-order valence-electron chi connectivity index (χ0n) is 9.91. The van der Waals surface area contributed by atoms with Gasteiger partial charge in [0.2, 0.25) is 11.8 Å². The van der Waals surface area contributed by atoms with Crippen LogP contribution in [0.15, 0.2) is 4.52 Å². The zero-order valence-corrected chi connectivity index (χ0v) is 9.91. The molecule has 1 heterocycles. The summed E-state index contributed by atoms with van der Waals surface area (Å²) in [7, 11) is 0. The van der Waals surface area contributed by atoms with Crippen LogP contribution in [-0.4, -0.2) is 21.6 Å². The summed E-state index contributed by atoms with van der Waals surface area (Å²) >= 11 is 0. The highest BCUT2D eigenvalue weighted by molar-refractivity contribution is 5.75. The quantitative estimate of drug-likeness (QED) is 0.763. The molecule has 0 saturated heterocycles. The number of nitrogens with one attached hydrogen (secondary N) is 1. The first kappa shape index (κ1) is 12.6. The van der Waals surface area contributed by atoms with Crippen molar-refractivity contribution in [1.82, 2.24) is 15.5 Å². The minimum absolute atomic E-state index is 0.0546. The van der Waals surface area contributed by atoms with E-state index in [4.69, 9.17) is 10.3 Å². The minimum Gasteiger partial charge on any atom is -0.349 e. The minimum atomic E-state index is -0.319. The molecule has 90 valence electrons. The van der Waals surface area contributed by atoms with Crippen molar-refractivity contribution in [2.24, 2.45) is 5.73 Å². The summed E-state index contributed by atoms with van der Waals surface area (Å²) in [5.41, 5.74) is 5.46. The van der Waals surface area contributed by atoms with E-state index in [1.807, 2.05) is 13.8 Å². The summed E-state index contributed by atoms with van der Waals surface area (Å²) in [4.78, 5) is 15.4. The molecule has 0 aromatic carbocycles. The van der Waals surface area contributed by atoms with E-state index in [2.05, 4.69) is 15.5 Å². The average molecular weight is 226 g/mol. The molecule has 3 N–H and O–H groups in total. The molecule has 1 rings (SSSR count). The number of rotatable bonds is 5. The maximum atomic E-state index is 11.4. The first-order valence-electron chi connectivity index (χ1n) is 5.21. The van der Waals surface area contributed by atoms with E-state index < -0.39 is 0 Å². The molecular weight excluding hydrogens is 208 g/mol. The molecule has 0 aliphatic rings. The van der Waals surface area contributed by atoms with Crippen LogP contribution in [0.25, 0.3) is 0 Å². The van der Waals surface area contributed by atoms with Gasteiger partial charge in [-0.05, 0) is 20.3 Å². The Morgan fingerprint density at radius 1 is 1.56 bits per heavy atom. The van der Waals surface area contributed by atoms with Crippen LogP contribution in [0.3, 0.4) is 0 Å². The monoisotopic (exact) mass is 226 g/mol. The molecule has 0 aliphatic heterocycles. The second kappa shape index (κ2) is 5.07. The van der Waals surface area contributed by atoms with E-state index >= 15 is 0 Å². The van der Waals surface area contributed by atoms with Crippen LogP contribution in [0.4, 0.5) is 0 Å². The van der Waals surface area contributed by atoms with Crippen LogP contribution in [0, 0.1) is 6.92 Å². The van der Waals surface area contributed by atoms with Gasteiger partial charge in [-0.3, -0.25) is 4.79 Å². The van der Waals surface area contributed by atoms with Gasteiger partial charge in [-0.2, -0.15) is 4.98 Å². The van der Waals surface area contributed by atoms with Gasteiger partial charge in [0.05, 0.1) is 6.54 Å². The molecule has 0 radical (unpaired) electrons. The van der Waals surface area contributed by atoms with Crippen molar-refractivity contribution in [3.63, 3.8) is 0 Å². The van der Waals surface area contributed by atoms with Crippen molar-refractivity contribution in [3.8, 4) is 0 Å². The van der Waals surface area contributed by atoms with Gasteiger partial charge in [-0.15, -0.1) is 0 Å². The SMILES string of the molecule is Cc1nc(CNC(=O)CCC(C)(C)N)no1. The number of aromatic nitrogens is 2. The van der Waals surface area contributed by atoms with E-state index in [9.17, 15) is 4.79 Å². The Balaban J connectivity index is 2.25. The highest BCUT2D eigenvalue weighted by atomic mass is 16.5. The van der Waals surface area contributed by atoms with Crippen molar-refractivity contribution >= 4 is 5.91 Å². The molecule has 1 aromatic heterocycles. The van der Waals surface area contributed by atoms with Crippen LogP contribution in [0.5, 0.6) is 0 Å². The van der Waals surface area contributed by atoms with E-state index in [1.165, 1.54) is 0 Å². The Bertz CT molecular complexity index is 354. The lowest BCUT2D eigenvalue weighted by molar-refractivity contribution is -0.121. The van der Waals surface area contributed by atoms with Gasteiger partial charge in [0.15, 0.2) is 5.82 Å². The number of carbonyl (C=O) groups is 1. The number of nitrogens with two attached hydrogens (primary N) is 1. The summed E-state index contributed by atoms with van der Waals surface area (Å²) in [5, 5.41) is 6.38. The van der Waals surface area contributed by atoms with Crippen molar-refractivity contribution < 1.29 is 9.32 Å². The van der Waals surface area contributed by atoms with E-state index in [0.29, 0.717) is 31.1 Å². The van der Waals surface area contributed by atoms with Gasteiger partial charge in [0, 0.05) is 18.9 Å². The standard InChI is InChI=1S/C10H18N4O2/c1-7-13-8(14-16-7)6-12-9(15)4-5-10(2,3)11/h4-6,11H2,1-3H3,(H,12,15). The Morgan fingerprint density at radius 3 is 2.75 bits per heavy atom. The maximum absolute atomic E-state index is 11.4. The van der Waals surface area contributed by atoms with Gasteiger partial charge >= 0.3 is 0 Å². The van der Waals surface area contributed by atoms with E-state index in [0.717, 1.165) is 0 Å². The summed E-state index contributed by atoms with van der Waals surface area (Å²) < 4.78 is 4.78. The van der Waals surface area contributed by atoms with E-state index in [-0.39, 0.29) is 11.4 Å². The van der Waals surface area contributed by atoms with Crippen molar-refractivity contribution in [3.05, 3.63) is 11.7 Å². The summed E-state index contributed by atoms with van der Waals surface area (Å²) in [6.45, 7) is 5.78. The Labute approximate surface area is 94.6 Å². The molecule has 0 bridgehead atoms. The molecule has 0 atom stereocenters. The number of hydrogen-bond donors (Lipinski definition) is 2. The van der Waals surface area contributed by atoms with Crippen LogP contribution < -0.4 is 11.1 Å². The molecule has 0 fully saturated rings. The predicted molar refractivity (Wildman–Crippen MR) is 58.4 cm³/mol. The molecule has 0 saturated carbocycles. The average Bonchev–Trinajstić information content (AvgIpc) is 2.57. The Kier molecular flexibility index (Phi) is 4.00. The first-order valence-corrected chi connectivity index (χ1v) is 5.21. The number of carbonyl (C=O) groups excluding carboxylic acids is 1. The fourth-order valence-electron chi connectivity index (χ4n) is 1.11. The highest BCUT2D eigenvalue weighted by Crippen LogP contribution is 2.06. The third-order valence-electron chi connectivity index (χ3n) is 2.01. The van der Waals surface area contributed by atoms with Gasteiger partial charge in [-0.25, -0.2) is 0 Å². The van der Waals surface area contributed by atoms with Crippen molar-refractivity contribution in [1.29, 1.82) is 0 Å². The molecule has 0 unspecified atom stereocenters. The van der Waals surface area contributed by atoms with Crippen LogP contribution in [0.1, 0.15) is 38.4 Å². The largest absolute Gasteiger partial charge is 0.349 e. The fraction of sp³-hybridized carbons (Fsp3) is 0.700. The van der Waals surface area contributed by atoms with Gasteiger partial charge < -0.3 is 15.6 Å². The van der Waals surface area contributed by atoms with Crippen LogP contribution in [0.2, 0.25) is 0 Å².